The number of phenols is 1. The fourth-order valence-corrected chi connectivity index (χ4v) is 5.37. The highest BCUT2D eigenvalue weighted by Gasteiger charge is 2.19. The number of aromatic amines is 1. The van der Waals surface area contributed by atoms with Crippen LogP contribution < -0.4 is 4.72 Å². The first-order chi connectivity index (χ1) is 16.0. The third-order valence-corrected chi connectivity index (χ3v) is 7.40. The summed E-state index contributed by atoms with van der Waals surface area (Å²) in [6, 6.07) is 25.1. The van der Waals surface area contributed by atoms with E-state index in [1.165, 1.54) is 6.33 Å². The van der Waals surface area contributed by atoms with Crippen LogP contribution in [0.2, 0.25) is 0 Å². The number of aromatic hydroxyl groups is 1. The summed E-state index contributed by atoms with van der Waals surface area (Å²) in [5.74, 6) is 0.0437. The SMILES string of the molecule is O=S(=O)(Nc1cc(Sc2ncn[nH]2)c(O)c2ccccc12)c1ccc(-c2ccccc2)cc1. The van der Waals surface area contributed by atoms with Crippen LogP contribution in [-0.2, 0) is 10.0 Å². The van der Waals surface area contributed by atoms with E-state index in [0.717, 1.165) is 22.9 Å². The van der Waals surface area contributed by atoms with Gasteiger partial charge in [-0.25, -0.2) is 13.4 Å². The van der Waals surface area contributed by atoms with Crippen LogP contribution in [0, 0.1) is 0 Å². The van der Waals surface area contributed by atoms with Gasteiger partial charge in [-0.2, -0.15) is 5.10 Å². The smallest absolute Gasteiger partial charge is 0.261 e. The second-order valence-corrected chi connectivity index (χ2v) is 9.92. The van der Waals surface area contributed by atoms with Gasteiger partial charge >= 0.3 is 0 Å². The maximum Gasteiger partial charge on any atom is 0.261 e. The number of hydrogen-bond donors (Lipinski definition) is 3. The molecule has 5 aromatic rings. The van der Waals surface area contributed by atoms with Crippen molar-refractivity contribution in [3.63, 3.8) is 0 Å². The Morgan fingerprint density at radius 1 is 0.848 bits per heavy atom. The lowest BCUT2D eigenvalue weighted by Gasteiger charge is -2.14. The fraction of sp³-hybridized carbons (Fsp3) is 0. The quantitative estimate of drug-likeness (QED) is 0.289. The topological polar surface area (TPSA) is 108 Å². The molecule has 3 N–H and O–H groups in total. The van der Waals surface area contributed by atoms with Crippen molar-refractivity contribution in [3.8, 4) is 16.9 Å². The Hall–Kier alpha value is -3.82. The Bertz CT molecular complexity index is 1520. The van der Waals surface area contributed by atoms with E-state index in [2.05, 4.69) is 19.9 Å². The summed E-state index contributed by atoms with van der Waals surface area (Å²) in [6.45, 7) is 0. The van der Waals surface area contributed by atoms with E-state index in [9.17, 15) is 13.5 Å². The molecule has 5 rings (SSSR count). The number of hydrogen-bond acceptors (Lipinski definition) is 6. The largest absolute Gasteiger partial charge is 0.506 e. The highest BCUT2D eigenvalue weighted by molar-refractivity contribution is 7.99. The molecule has 0 saturated carbocycles. The molecule has 0 aliphatic heterocycles. The van der Waals surface area contributed by atoms with Gasteiger partial charge < -0.3 is 5.11 Å². The second kappa shape index (κ2) is 8.61. The molecular weight excluding hydrogens is 456 g/mol. The molecule has 0 aliphatic rings. The van der Waals surface area contributed by atoms with Crippen LogP contribution in [0.3, 0.4) is 0 Å². The molecule has 0 aliphatic carbocycles. The lowest BCUT2D eigenvalue weighted by atomic mass is 10.1. The van der Waals surface area contributed by atoms with Gasteiger partial charge in [-0.15, -0.1) is 0 Å². The van der Waals surface area contributed by atoms with E-state index in [0.29, 0.717) is 26.5 Å². The van der Waals surface area contributed by atoms with Crippen LogP contribution in [0.4, 0.5) is 5.69 Å². The molecular formula is C24H18N4O3S2. The Kier molecular flexibility index (Phi) is 5.49. The summed E-state index contributed by atoms with van der Waals surface area (Å²) in [5, 5.41) is 18.9. The number of fused-ring (bicyclic) bond motifs is 1. The first-order valence-electron chi connectivity index (χ1n) is 9.97. The van der Waals surface area contributed by atoms with Gasteiger partial charge in [-0.3, -0.25) is 9.82 Å². The van der Waals surface area contributed by atoms with Crippen LogP contribution >= 0.6 is 11.8 Å². The van der Waals surface area contributed by atoms with Crippen LogP contribution in [0.5, 0.6) is 5.75 Å². The minimum atomic E-state index is -3.87. The lowest BCUT2D eigenvalue weighted by molar-refractivity contribution is 0.469. The van der Waals surface area contributed by atoms with Gasteiger partial charge in [-0.1, -0.05) is 66.7 Å². The van der Waals surface area contributed by atoms with Gasteiger partial charge in [0.25, 0.3) is 10.0 Å². The van der Waals surface area contributed by atoms with E-state index >= 15 is 0 Å². The molecule has 1 heterocycles. The van der Waals surface area contributed by atoms with E-state index in [4.69, 9.17) is 0 Å². The number of aromatic nitrogens is 3. The second-order valence-electron chi connectivity index (χ2n) is 7.21. The minimum absolute atomic E-state index is 0.0437. The Morgan fingerprint density at radius 2 is 1.52 bits per heavy atom. The van der Waals surface area contributed by atoms with Crippen molar-refractivity contribution in [2.45, 2.75) is 14.9 Å². The number of sulfonamides is 1. The summed E-state index contributed by atoms with van der Waals surface area (Å²) in [4.78, 5) is 4.65. The predicted molar refractivity (Wildman–Crippen MR) is 129 cm³/mol. The van der Waals surface area contributed by atoms with E-state index in [-0.39, 0.29) is 10.6 Å². The van der Waals surface area contributed by atoms with E-state index in [1.807, 2.05) is 30.3 Å². The monoisotopic (exact) mass is 474 g/mol. The number of rotatable bonds is 6. The molecule has 0 amide bonds. The molecule has 1 aromatic heterocycles. The van der Waals surface area contributed by atoms with E-state index in [1.54, 1.807) is 54.6 Å². The minimum Gasteiger partial charge on any atom is -0.506 e. The zero-order valence-corrected chi connectivity index (χ0v) is 18.8. The summed E-state index contributed by atoms with van der Waals surface area (Å²) >= 11 is 1.16. The molecule has 0 spiro atoms. The standard InChI is InChI=1S/C24H18N4O3S2/c29-23-20-9-5-4-8-19(20)21(14-22(23)32-24-25-15-26-27-24)28-33(30,31)18-12-10-17(11-13-18)16-6-2-1-3-7-16/h1-15,28-29H,(H,25,26,27). The van der Waals surface area contributed by atoms with Gasteiger partial charge in [0.1, 0.15) is 12.1 Å². The van der Waals surface area contributed by atoms with Crippen LogP contribution in [0.1, 0.15) is 0 Å². The number of H-pyrrole nitrogens is 1. The van der Waals surface area contributed by atoms with Crippen LogP contribution in [0.15, 0.2) is 106 Å². The molecule has 33 heavy (non-hydrogen) atoms. The Balaban J connectivity index is 1.52. The summed E-state index contributed by atoms with van der Waals surface area (Å²) in [7, 11) is -3.87. The van der Waals surface area contributed by atoms with Gasteiger partial charge in [0.15, 0.2) is 5.16 Å². The zero-order chi connectivity index (χ0) is 22.8. The Labute approximate surface area is 194 Å². The number of anilines is 1. The third-order valence-electron chi connectivity index (χ3n) is 5.10. The van der Waals surface area contributed by atoms with E-state index < -0.39 is 10.0 Å². The number of benzene rings is 4. The van der Waals surface area contributed by atoms with Crippen molar-refractivity contribution in [3.05, 3.63) is 91.3 Å². The van der Waals surface area contributed by atoms with Crippen LogP contribution in [0.25, 0.3) is 21.9 Å². The van der Waals surface area contributed by atoms with Crippen molar-refractivity contribution in [2.24, 2.45) is 0 Å². The molecule has 0 radical (unpaired) electrons. The number of phenolic OH excluding ortho intramolecular Hbond substituents is 1. The first-order valence-corrected chi connectivity index (χ1v) is 12.3. The molecule has 4 aromatic carbocycles. The fourth-order valence-electron chi connectivity index (χ4n) is 3.51. The highest BCUT2D eigenvalue weighted by atomic mass is 32.2. The molecule has 9 heteroatoms. The average molecular weight is 475 g/mol. The summed E-state index contributed by atoms with van der Waals surface area (Å²) in [5.41, 5.74) is 2.29. The molecule has 0 atom stereocenters. The molecule has 0 fully saturated rings. The van der Waals surface area contributed by atoms with Crippen molar-refractivity contribution < 1.29 is 13.5 Å². The van der Waals surface area contributed by atoms with Gasteiger partial charge in [0.2, 0.25) is 0 Å². The van der Waals surface area contributed by atoms with Gasteiger partial charge in [0, 0.05) is 10.8 Å². The molecule has 0 saturated heterocycles. The summed E-state index contributed by atoms with van der Waals surface area (Å²) < 4.78 is 29.1. The maximum atomic E-state index is 13.2. The van der Waals surface area contributed by atoms with Crippen molar-refractivity contribution in [1.29, 1.82) is 0 Å². The number of nitrogens with zero attached hydrogens (tertiary/aromatic N) is 2. The predicted octanol–water partition coefficient (Wildman–Crippen LogP) is 5.28. The lowest BCUT2D eigenvalue weighted by Crippen LogP contribution is -2.13. The Morgan fingerprint density at radius 3 is 2.21 bits per heavy atom. The van der Waals surface area contributed by atoms with Gasteiger partial charge in [-0.05, 0) is 41.1 Å². The van der Waals surface area contributed by atoms with Crippen molar-refractivity contribution in [1.82, 2.24) is 15.2 Å². The zero-order valence-electron chi connectivity index (χ0n) is 17.1. The number of nitrogens with one attached hydrogen (secondary N) is 2. The highest BCUT2D eigenvalue weighted by Crippen LogP contribution is 2.42. The molecule has 0 unspecified atom stereocenters. The van der Waals surface area contributed by atoms with Crippen LogP contribution in [-0.4, -0.2) is 28.7 Å². The molecule has 7 nitrogen and oxygen atoms in total. The summed E-state index contributed by atoms with van der Waals surface area (Å²) in [6.07, 6.45) is 1.36. The molecule has 164 valence electrons. The van der Waals surface area contributed by atoms with Crippen molar-refractivity contribution in [2.75, 3.05) is 4.72 Å². The first kappa shape index (κ1) is 21.0. The average Bonchev–Trinajstić information content (AvgIpc) is 3.36. The van der Waals surface area contributed by atoms with Gasteiger partial charge in [0.05, 0.1) is 15.5 Å². The molecule has 0 bridgehead atoms. The van der Waals surface area contributed by atoms with Crippen molar-refractivity contribution >= 4 is 38.2 Å². The normalized spacial score (nSPS) is 11.5. The maximum absolute atomic E-state index is 13.2. The third kappa shape index (κ3) is 4.28.